The summed E-state index contributed by atoms with van der Waals surface area (Å²) in [7, 11) is 0. The van der Waals surface area contributed by atoms with E-state index in [1.165, 1.54) is 12.8 Å². The number of hydrogen-bond acceptors (Lipinski definition) is 3. The highest BCUT2D eigenvalue weighted by Gasteiger charge is 2.23. The minimum absolute atomic E-state index is 0.559. The van der Waals surface area contributed by atoms with Gasteiger partial charge in [-0.05, 0) is 63.7 Å². The van der Waals surface area contributed by atoms with Crippen LogP contribution in [0.25, 0.3) is 0 Å². The van der Waals surface area contributed by atoms with Crippen LogP contribution in [0.1, 0.15) is 26.2 Å². The first-order chi connectivity index (χ1) is 8.72. The quantitative estimate of drug-likeness (QED) is 0.870. The Bertz CT molecular complexity index is 392. The van der Waals surface area contributed by atoms with Crippen LogP contribution in [0.15, 0.2) is 21.2 Å². The summed E-state index contributed by atoms with van der Waals surface area (Å²) in [4.78, 5) is 7.01. The standard InChI is InChI=1S/C13H19Br2N3/c1-2-6-18(11-4-3-5-16-9-11)13-12(15)7-10(14)8-17-13/h7-8,11,16H,2-6,9H2,1H3. The molecule has 1 unspecified atom stereocenters. The van der Waals surface area contributed by atoms with Crippen molar-refractivity contribution >= 4 is 37.7 Å². The van der Waals surface area contributed by atoms with E-state index < -0.39 is 0 Å². The van der Waals surface area contributed by atoms with Gasteiger partial charge in [0.25, 0.3) is 0 Å². The number of pyridine rings is 1. The molecule has 0 saturated carbocycles. The Morgan fingerprint density at radius 2 is 2.33 bits per heavy atom. The minimum atomic E-state index is 0.559. The van der Waals surface area contributed by atoms with Gasteiger partial charge in [-0.15, -0.1) is 0 Å². The molecule has 2 rings (SSSR count). The SMILES string of the molecule is CCCN(c1ncc(Br)cc1Br)C1CCCNC1. The van der Waals surface area contributed by atoms with E-state index in [9.17, 15) is 0 Å². The van der Waals surface area contributed by atoms with Crippen molar-refractivity contribution in [2.45, 2.75) is 32.2 Å². The third-order valence-electron chi connectivity index (χ3n) is 3.24. The fourth-order valence-corrected chi connectivity index (χ4v) is 3.64. The lowest BCUT2D eigenvalue weighted by Crippen LogP contribution is -2.47. The van der Waals surface area contributed by atoms with Crippen LogP contribution in [0.3, 0.4) is 0 Å². The fraction of sp³-hybridized carbons (Fsp3) is 0.615. The highest BCUT2D eigenvalue weighted by atomic mass is 79.9. The fourth-order valence-electron chi connectivity index (χ4n) is 2.42. The zero-order chi connectivity index (χ0) is 13.0. The number of rotatable bonds is 4. The van der Waals surface area contributed by atoms with Crippen LogP contribution in [0.5, 0.6) is 0 Å². The molecule has 3 nitrogen and oxygen atoms in total. The zero-order valence-corrected chi connectivity index (χ0v) is 13.8. The molecule has 1 aliphatic heterocycles. The topological polar surface area (TPSA) is 28.2 Å². The largest absolute Gasteiger partial charge is 0.351 e. The minimum Gasteiger partial charge on any atom is -0.351 e. The molecule has 0 radical (unpaired) electrons. The Morgan fingerprint density at radius 1 is 1.50 bits per heavy atom. The number of hydrogen-bond donors (Lipinski definition) is 1. The number of aromatic nitrogens is 1. The second-order valence-electron chi connectivity index (χ2n) is 4.65. The molecule has 0 aliphatic carbocycles. The Morgan fingerprint density at radius 3 is 2.94 bits per heavy atom. The van der Waals surface area contributed by atoms with Gasteiger partial charge in [-0.3, -0.25) is 0 Å². The predicted octanol–water partition coefficient (Wildman–Crippen LogP) is 3.58. The second kappa shape index (κ2) is 6.87. The van der Waals surface area contributed by atoms with Crippen LogP contribution >= 0.6 is 31.9 Å². The molecule has 1 atom stereocenters. The highest BCUT2D eigenvalue weighted by Crippen LogP contribution is 2.29. The Labute approximate surface area is 126 Å². The number of nitrogens with one attached hydrogen (secondary N) is 1. The van der Waals surface area contributed by atoms with E-state index in [-0.39, 0.29) is 0 Å². The highest BCUT2D eigenvalue weighted by molar-refractivity contribution is 9.11. The molecule has 0 aromatic carbocycles. The molecular formula is C13H19Br2N3. The molecule has 0 spiro atoms. The molecule has 5 heteroatoms. The van der Waals surface area contributed by atoms with Crippen LogP contribution in [0.4, 0.5) is 5.82 Å². The summed E-state index contributed by atoms with van der Waals surface area (Å²) in [6.45, 7) is 5.48. The van der Waals surface area contributed by atoms with Gasteiger partial charge in [-0.25, -0.2) is 4.98 Å². The summed E-state index contributed by atoms with van der Waals surface area (Å²) >= 11 is 7.09. The van der Waals surface area contributed by atoms with Gasteiger partial charge in [0.1, 0.15) is 5.82 Å². The van der Waals surface area contributed by atoms with Crippen molar-refractivity contribution in [1.29, 1.82) is 0 Å². The number of halogens is 2. The molecule has 2 heterocycles. The second-order valence-corrected chi connectivity index (χ2v) is 6.42. The monoisotopic (exact) mass is 375 g/mol. The smallest absolute Gasteiger partial charge is 0.143 e. The molecule has 1 aromatic rings. The van der Waals surface area contributed by atoms with Crippen LogP contribution < -0.4 is 10.2 Å². The summed E-state index contributed by atoms with van der Waals surface area (Å²) in [5.74, 6) is 1.06. The lowest BCUT2D eigenvalue weighted by molar-refractivity contribution is 0.428. The van der Waals surface area contributed by atoms with E-state index >= 15 is 0 Å². The van der Waals surface area contributed by atoms with Gasteiger partial charge in [0.2, 0.25) is 0 Å². The van der Waals surface area contributed by atoms with Crippen molar-refractivity contribution in [3.05, 3.63) is 21.2 Å². The summed E-state index contributed by atoms with van der Waals surface area (Å²) in [6, 6.07) is 2.63. The summed E-state index contributed by atoms with van der Waals surface area (Å²) in [5.41, 5.74) is 0. The van der Waals surface area contributed by atoms with Crippen molar-refractivity contribution in [1.82, 2.24) is 10.3 Å². The maximum Gasteiger partial charge on any atom is 0.143 e. The third kappa shape index (κ3) is 3.45. The first-order valence-electron chi connectivity index (χ1n) is 6.50. The third-order valence-corrected chi connectivity index (χ3v) is 4.25. The summed E-state index contributed by atoms with van der Waals surface area (Å²) < 4.78 is 2.08. The predicted molar refractivity (Wildman–Crippen MR) is 83.2 cm³/mol. The van der Waals surface area contributed by atoms with Crippen molar-refractivity contribution < 1.29 is 0 Å². The number of nitrogens with zero attached hydrogens (tertiary/aromatic N) is 2. The molecule has 1 aromatic heterocycles. The van der Waals surface area contributed by atoms with E-state index in [0.29, 0.717) is 6.04 Å². The first-order valence-corrected chi connectivity index (χ1v) is 8.09. The maximum atomic E-state index is 4.58. The van der Waals surface area contributed by atoms with E-state index in [1.807, 2.05) is 6.20 Å². The van der Waals surface area contributed by atoms with E-state index in [0.717, 1.165) is 40.8 Å². The molecule has 1 saturated heterocycles. The zero-order valence-electron chi connectivity index (χ0n) is 10.6. The molecule has 1 aliphatic rings. The van der Waals surface area contributed by atoms with Gasteiger partial charge in [-0.1, -0.05) is 6.92 Å². The van der Waals surface area contributed by atoms with Gasteiger partial charge < -0.3 is 10.2 Å². The lowest BCUT2D eigenvalue weighted by atomic mass is 10.1. The summed E-state index contributed by atoms with van der Waals surface area (Å²) in [5, 5.41) is 3.48. The van der Waals surface area contributed by atoms with Gasteiger partial charge in [-0.2, -0.15) is 0 Å². The van der Waals surface area contributed by atoms with Crippen molar-refractivity contribution in [2.24, 2.45) is 0 Å². The van der Waals surface area contributed by atoms with Gasteiger partial charge in [0.15, 0.2) is 0 Å². The first kappa shape index (κ1) is 14.3. The molecule has 0 bridgehead atoms. The average Bonchev–Trinajstić information content (AvgIpc) is 2.38. The van der Waals surface area contributed by atoms with E-state index in [2.05, 4.69) is 60.1 Å². The number of anilines is 1. The normalized spacial score (nSPS) is 19.8. The van der Waals surface area contributed by atoms with Gasteiger partial charge >= 0.3 is 0 Å². The molecule has 18 heavy (non-hydrogen) atoms. The van der Waals surface area contributed by atoms with Crippen molar-refractivity contribution in [3.63, 3.8) is 0 Å². The summed E-state index contributed by atoms with van der Waals surface area (Å²) in [6.07, 6.45) is 5.51. The van der Waals surface area contributed by atoms with Crippen LogP contribution in [-0.2, 0) is 0 Å². The molecule has 100 valence electrons. The lowest BCUT2D eigenvalue weighted by Gasteiger charge is -2.36. The van der Waals surface area contributed by atoms with E-state index in [4.69, 9.17) is 0 Å². The van der Waals surface area contributed by atoms with Crippen LogP contribution in [0.2, 0.25) is 0 Å². The molecular weight excluding hydrogens is 358 g/mol. The number of piperidine rings is 1. The van der Waals surface area contributed by atoms with Crippen molar-refractivity contribution in [3.8, 4) is 0 Å². The van der Waals surface area contributed by atoms with Gasteiger partial charge in [0.05, 0.1) is 4.47 Å². The Balaban J connectivity index is 2.22. The molecule has 0 amide bonds. The Hall–Kier alpha value is -0.130. The van der Waals surface area contributed by atoms with Gasteiger partial charge in [0, 0.05) is 29.8 Å². The Kier molecular flexibility index (Phi) is 5.45. The van der Waals surface area contributed by atoms with Crippen molar-refractivity contribution in [2.75, 3.05) is 24.5 Å². The van der Waals surface area contributed by atoms with E-state index in [1.54, 1.807) is 0 Å². The molecule has 1 N–H and O–H groups in total. The molecule has 1 fully saturated rings. The van der Waals surface area contributed by atoms with Crippen LogP contribution in [0, 0.1) is 0 Å². The van der Waals surface area contributed by atoms with Crippen LogP contribution in [-0.4, -0.2) is 30.7 Å². The maximum absolute atomic E-state index is 4.58. The average molecular weight is 377 g/mol.